The lowest BCUT2D eigenvalue weighted by atomic mass is 10.4. The summed E-state index contributed by atoms with van der Waals surface area (Å²) >= 11 is 4.10. The van der Waals surface area contributed by atoms with Gasteiger partial charge in [-0.2, -0.15) is 12.6 Å². The average Bonchev–Trinajstić information content (AvgIpc) is 1.38. The Kier molecular flexibility index (Phi) is 46.7. The van der Waals surface area contributed by atoms with Crippen LogP contribution in [0, 0.1) is 0 Å². The Bertz CT molecular complexity index is 18.3. The number of hydrogen-bond acceptors (Lipinski definition) is 1. The maximum atomic E-state index is 4.10. The van der Waals surface area contributed by atoms with E-state index in [1.165, 1.54) is 6.42 Å². The van der Waals surface area contributed by atoms with Crippen LogP contribution in [-0.4, -0.2) is 5.25 Å². The lowest BCUT2D eigenvalue weighted by molar-refractivity contribution is 0.913. The highest BCUT2D eigenvalue weighted by molar-refractivity contribution is 7.80. The molecular weight excluding hydrogens is 116 g/mol. The monoisotopic (exact) mass is 138 g/mol. The van der Waals surface area contributed by atoms with Crippen molar-refractivity contribution in [1.82, 2.24) is 0 Å². The SMILES string of the molecule is C.C.C.CCC(C)S. The lowest BCUT2D eigenvalue weighted by Gasteiger charge is -1.89. The van der Waals surface area contributed by atoms with Crippen molar-refractivity contribution in [2.75, 3.05) is 0 Å². The van der Waals surface area contributed by atoms with E-state index in [4.69, 9.17) is 0 Å². The molecular formula is C7H22S. The smallest absolute Gasteiger partial charge is 0.00142 e. The molecule has 8 heavy (non-hydrogen) atoms. The van der Waals surface area contributed by atoms with Gasteiger partial charge in [-0.25, -0.2) is 0 Å². The fourth-order valence-corrected chi connectivity index (χ4v) is 0. The second-order valence-electron chi connectivity index (χ2n) is 1.26. The van der Waals surface area contributed by atoms with Crippen molar-refractivity contribution in [3.8, 4) is 0 Å². The Morgan fingerprint density at radius 2 is 1.38 bits per heavy atom. The Balaban J connectivity index is -0.0000000267. The van der Waals surface area contributed by atoms with Crippen molar-refractivity contribution < 1.29 is 0 Å². The molecule has 1 unspecified atom stereocenters. The first-order chi connectivity index (χ1) is 2.27. The molecule has 0 bridgehead atoms. The van der Waals surface area contributed by atoms with Gasteiger partial charge in [-0.15, -0.1) is 0 Å². The molecule has 0 aliphatic carbocycles. The molecule has 1 atom stereocenters. The molecule has 0 heterocycles. The van der Waals surface area contributed by atoms with E-state index in [1.54, 1.807) is 0 Å². The van der Waals surface area contributed by atoms with E-state index in [0.717, 1.165) is 0 Å². The Hall–Kier alpha value is 0.350. The van der Waals surface area contributed by atoms with Gasteiger partial charge in [0, 0.05) is 0 Å². The van der Waals surface area contributed by atoms with Gasteiger partial charge in [0.15, 0.2) is 0 Å². The fourth-order valence-electron chi connectivity index (χ4n) is 0. The van der Waals surface area contributed by atoms with Crippen molar-refractivity contribution in [2.24, 2.45) is 0 Å². The molecule has 56 valence electrons. The quantitative estimate of drug-likeness (QED) is 0.526. The van der Waals surface area contributed by atoms with Crippen LogP contribution in [0.25, 0.3) is 0 Å². The van der Waals surface area contributed by atoms with Crippen LogP contribution in [0.15, 0.2) is 0 Å². The predicted molar refractivity (Wildman–Crippen MR) is 48.9 cm³/mol. The van der Waals surface area contributed by atoms with Crippen molar-refractivity contribution in [3.05, 3.63) is 0 Å². The van der Waals surface area contributed by atoms with Crippen LogP contribution in [0.5, 0.6) is 0 Å². The zero-order valence-corrected chi connectivity index (χ0v) is 4.63. The van der Waals surface area contributed by atoms with Gasteiger partial charge < -0.3 is 0 Å². The highest BCUT2D eigenvalue weighted by Gasteiger charge is 1.81. The third kappa shape index (κ3) is 32.9. The van der Waals surface area contributed by atoms with Gasteiger partial charge >= 0.3 is 0 Å². The van der Waals surface area contributed by atoms with Gasteiger partial charge in [0.2, 0.25) is 0 Å². The second-order valence-corrected chi connectivity index (χ2v) is 2.14. The molecule has 0 aromatic rings. The standard InChI is InChI=1S/C4H10S.3CH4/c1-3-4(2)5;;;/h4-5H,3H2,1-2H3;3*1H4. The summed E-state index contributed by atoms with van der Waals surface area (Å²) in [5.41, 5.74) is 0. The van der Waals surface area contributed by atoms with Crippen LogP contribution in [0.4, 0.5) is 0 Å². The van der Waals surface area contributed by atoms with Crippen LogP contribution in [0.1, 0.15) is 42.5 Å². The first kappa shape index (κ1) is 23.8. The Morgan fingerprint density at radius 1 is 1.25 bits per heavy atom. The Labute approximate surface area is 61.1 Å². The number of thiol groups is 1. The molecule has 0 amide bonds. The summed E-state index contributed by atoms with van der Waals surface area (Å²) in [6, 6.07) is 0. The predicted octanol–water partition coefficient (Wildman–Crippen LogP) is 3.62. The molecule has 0 aliphatic heterocycles. The van der Waals surface area contributed by atoms with Crippen LogP contribution in [-0.2, 0) is 0 Å². The van der Waals surface area contributed by atoms with Crippen LogP contribution >= 0.6 is 12.6 Å². The van der Waals surface area contributed by atoms with E-state index in [9.17, 15) is 0 Å². The minimum Gasteiger partial charge on any atom is -0.176 e. The first-order valence-corrected chi connectivity index (χ1v) is 2.47. The molecule has 0 aliphatic rings. The summed E-state index contributed by atoms with van der Waals surface area (Å²) in [7, 11) is 0. The average molecular weight is 138 g/mol. The molecule has 0 aromatic heterocycles. The zero-order chi connectivity index (χ0) is 4.28. The van der Waals surface area contributed by atoms with E-state index in [-0.39, 0.29) is 22.3 Å². The van der Waals surface area contributed by atoms with E-state index < -0.39 is 0 Å². The summed E-state index contributed by atoms with van der Waals surface area (Å²) in [5, 5.41) is 0.579. The summed E-state index contributed by atoms with van der Waals surface area (Å²) in [6.07, 6.45) is 1.17. The van der Waals surface area contributed by atoms with Crippen molar-refractivity contribution in [3.63, 3.8) is 0 Å². The molecule has 0 radical (unpaired) electrons. The highest BCUT2D eigenvalue weighted by atomic mass is 32.1. The van der Waals surface area contributed by atoms with Gasteiger partial charge in [-0.3, -0.25) is 0 Å². The largest absolute Gasteiger partial charge is 0.176 e. The minimum atomic E-state index is 0. The topological polar surface area (TPSA) is 0 Å². The molecule has 0 fully saturated rings. The zero-order valence-electron chi connectivity index (χ0n) is 3.73. The molecule has 0 spiro atoms. The molecule has 0 rings (SSSR count). The van der Waals surface area contributed by atoms with Crippen LogP contribution < -0.4 is 0 Å². The molecule has 0 saturated carbocycles. The maximum absolute atomic E-state index is 4.10. The summed E-state index contributed by atoms with van der Waals surface area (Å²) in [6.45, 7) is 4.21. The van der Waals surface area contributed by atoms with E-state index in [1.807, 2.05) is 0 Å². The van der Waals surface area contributed by atoms with E-state index in [0.29, 0.717) is 5.25 Å². The summed E-state index contributed by atoms with van der Waals surface area (Å²) in [5.74, 6) is 0. The van der Waals surface area contributed by atoms with Crippen molar-refractivity contribution in [2.45, 2.75) is 47.8 Å². The second kappa shape index (κ2) is 15.7. The van der Waals surface area contributed by atoms with Crippen LogP contribution in [0.3, 0.4) is 0 Å². The van der Waals surface area contributed by atoms with Crippen molar-refractivity contribution in [1.29, 1.82) is 0 Å². The van der Waals surface area contributed by atoms with Crippen molar-refractivity contribution >= 4 is 12.6 Å². The lowest BCUT2D eigenvalue weighted by Crippen LogP contribution is -1.81. The molecule has 0 aromatic carbocycles. The number of hydrogen-bond donors (Lipinski definition) is 1. The van der Waals surface area contributed by atoms with E-state index in [2.05, 4.69) is 26.5 Å². The number of rotatable bonds is 1. The van der Waals surface area contributed by atoms with Gasteiger partial charge in [-0.1, -0.05) is 36.1 Å². The molecule has 0 N–H and O–H groups in total. The van der Waals surface area contributed by atoms with Gasteiger partial charge in [-0.05, 0) is 11.7 Å². The summed E-state index contributed by atoms with van der Waals surface area (Å²) in [4.78, 5) is 0. The fraction of sp³-hybridized carbons (Fsp3) is 1.00. The third-order valence-corrected chi connectivity index (χ3v) is 0.956. The Morgan fingerprint density at radius 3 is 1.38 bits per heavy atom. The molecule has 1 heteroatoms. The molecule has 0 saturated heterocycles. The van der Waals surface area contributed by atoms with Crippen LogP contribution in [0.2, 0.25) is 0 Å². The molecule has 0 nitrogen and oxygen atoms in total. The van der Waals surface area contributed by atoms with Gasteiger partial charge in [0.25, 0.3) is 0 Å². The normalized spacial score (nSPS) is 9.38. The van der Waals surface area contributed by atoms with Gasteiger partial charge in [0.05, 0.1) is 0 Å². The highest BCUT2D eigenvalue weighted by Crippen LogP contribution is 1.94. The van der Waals surface area contributed by atoms with Gasteiger partial charge in [0.1, 0.15) is 0 Å². The third-order valence-electron chi connectivity index (χ3n) is 0.591. The minimum absolute atomic E-state index is 0. The van der Waals surface area contributed by atoms with E-state index >= 15 is 0 Å². The summed E-state index contributed by atoms with van der Waals surface area (Å²) < 4.78 is 0. The first-order valence-electron chi connectivity index (χ1n) is 1.95. The maximum Gasteiger partial charge on any atom is -0.00142 e.